The highest BCUT2D eigenvalue weighted by atomic mass is 16.5. The second-order valence-electron chi connectivity index (χ2n) is 5.89. The van der Waals surface area contributed by atoms with Crippen molar-refractivity contribution in [1.29, 1.82) is 0 Å². The van der Waals surface area contributed by atoms with Crippen molar-refractivity contribution in [2.24, 2.45) is 0 Å². The van der Waals surface area contributed by atoms with Crippen LogP contribution in [0.25, 0.3) is 0 Å². The Balaban J connectivity index is 2.07. The van der Waals surface area contributed by atoms with E-state index in [1.165, 1.54) is 5.56 Å². The SMILES string of the molecule is CCC(Oc1cccc(C)c1C)C(=O)N(C)Cc1ccccc1. The van der Waals surface area contributed by atoms with Crippen LogP contribution in [0.15, 0.2) is 48.5 Å². The first-order chi connectivity index (χ1) is 11.0. The molecule has 0 aliphatic rings. The lowest BCUT2D eigenvalue weighted by atomic mass is 10.1. The monoisotopic (exact) mass is 311 g/mol. The zero-order chi connectivity index (χ0) is 16.8. The van der Waals surface area contributed by atoms with Gasteiger partial charge in [0.05, 0.1) is 0 Å². The first kappa shape index (κ1) is 17.1. The average Bonchev–Trinajstić information content (AvgIpc) is 2.56. The summed E-state index contributed by atoms with van der Waals surface area (Å²) < 4.78 is 6.00. The topological polar surface area (TPSA) is 29.5 Å². The third kappa shape index (κ3) is 4.35. The summed E-state index contributed by atoms with van der Waals surface area (Å²) in [6, 6.07) is 15.9. The van der Waals surface area contributed by atoms with E-state index in [9.17, 15) is 4.79 Å². The summed E-state index contributed by atoms with van der Waals surface area (Å²) in [6.45, 7) is 6.64. The summed E-state index contributed by atoms with van der Waals surface area (Å²) in [5.41, 5.74) is 3.37. The lowest BCUT2D eigenvalue weighted by Gasteiger charge is -2.24. The average molecular weight is 311 g/mol. The number of ether oxygens (including phenoxy) is 1. The Kier molecular flexibility index (Phi) is 5.80. The summed E-state index contributed by atoms with van der Waals surface area (Å²) >= 11 is 0. The molecule has 0 heterocycles. The number of hydrogen-bond donors (Lipinski definition) is 0. The van der Waals surface area contributed by atoms with Crippen LogP contribution in [-0.4, -0.2) is 24.0 Å². The van der Waals surface area contributed by atoms with E-state index in [0.29, 0.717) is 13.0 Å². The Morgan fingerprint density at radius 3 is 2.43 bits per heavy atom. The van der Waals surface area contributed by atoms with Crippen LogP contribution in [0.5, 0.6) is 5.75 Å². The molecule has 122 valence electrons. The molecule has 0 radical (unpaired) electrons. The maximum atomic E-state index is 12.7. The fraction of sp³-hybridized carbons (Fsp3) is 0.350. The van der Waals surface area contributed by atoms with Gasteiger partial charge in [-0.1, -0.05) is 49.4 Å². The van der Waals surface area contributed by atoms with Gasteiger partial charge >= 0.3 is 0 Å². The molecule has 0 aromatic heterocycles. The lowest BCUT2D eigenvalue weighted by molar-refractivity contribution is -0.138. The van der Waals surface area contributed by atoms with Gasteiger partial charge in [-0.3, -0.25) is 4.79 Å². The zero-order valence-corrected chi connectivity index (χ0v) is 14.4. The minimum atomic E-state index is -0.454. The number of aryl methyl sites for hydroxylation is 1. The number of likely N-dealkylation sites (N-methyl/N-ethyl adjacent to an activating group) is 1. The maximum Gasteiger partial charge on any atom is 0.263 e. The third-order valence-electron chi connectivity index (χ3n) is 4.11. The number of carbonyl (C=O) groups excluding carboxylic acids is 1. The predicted octanol–water partition coefficient (Wildman–Crippen LogP) is 4.12. The molecule has 3 nitrogen and oxygen atoms in total. The molecule has 0 spiro atoms. The number of benzene rings is 2. The normalized spacial score (nSPS) is 11.8. The number of hydrogen-bond acceptors (Lipinski definition) is 2. The Morgan fingerprint density at radius 2 is 1.78 bits per heavy atom. The van der Waals surface area contributed by atoms with E-state index in [2.05, 4.69) is 0 Å². The van der Waals surface area contributed by atoms with Gasteiger partial charge in [-0.15, -0.1) is 0 Å². The van der Waals surface area contributed by atoms with E-state index < -0.39 is 6.10 Å². The van der Waals surface area contributed by atoms with Crippen molar-refractivity contribution in [3.63, 3.8) is 0 Å². The van der Waals surface area contributed by atoms with Crippen LogP contribution in [0.4, 0.5) is 0 Å². The van der Waals surface area contributed by atoms with Crippen molar-refractivity contribution >= 4 is 5.91 Å². The van der Waals surface area contributed by atoms with Gasteiger partial charge in [-0.25, -0.2) is 0 Å². The molecule has 2 aromatic rings. The quantitative estimate of drug-likeness (QED) is 0.803. The Bertz CT molecular complexity index is 652. The van der Waals surface area contributed by atoms with Crippen LogP contribution in [0, 0.1) is 13.8 Å². The van der Waals surface area contributed by atoms with Gasteiger partial charge in [0, 0.05) is 13.6 Å². The standard InChI is InChI=1S/C20H25NO2/c1-5-18(23-19-13-9-10-15(2)16(19)3)20(22)21(4)14-17-11-7-6-8-12-17/h6-13,18H,5,14H2,1-4H3. The second kappa shape index (κ2) is 7.82. The van der Waals surface area contributed by atoms with Crippen molar-refractivity contribution < 1.29 is 9.53 Å². The Morgan fingerprint density at radius 1 is 1.09 bits per heavy atom. The number of rotatable bonds is 6. The fourth-order valence-corrected chi connectivity index (χ4v) is 2.49. The van der Waals surface area contributed by atoms with Crippen molar-refractivity contribution in [3.05, 3.63) is 65.2 Å². The van der Waals surface area contributed by atoms with Crippen LogP contribution in [-0.2, 0) is 11.3 Å². The molecule has 23 heavy (non-hydrogen) atoms. The molecule has 0 fully saturated rings. The molecule has 2 rings (SSSR count). The van der Waals surface area contributed by atoms with Gasteiger partial charge in [0.25, 0.3) is 5.91 Å². The number of carbonyl (C=O) groups is 1. The Labute approximate surface area is 138 Å². The predicted molar refractivity (Wildman–Crippen MR) is 93.5 cm³/mol. The summed E-state index contributed by atoms with van der Waals surface area (Å²) in [5, 5.41) is 0. The summed E-state index contributed by atoms with van der Waals surface area (Å²) in [7, 11) is 1.82. The van der Waals surface area contributed by atoms with Crippen LogP contribution >= 0.6 is 0 Å². The zero-order valence-electron chi connectivity index (χ0n) is 14.4. The summed E-state index contributed by atoms with van der Waals surface area (Å²) in [4.78, 5) is 14.4. The van der Waals surface area contributed by atoms with Crippen molar-refractivity contribution in [2.45, 2.75) is 39.8 Å². The fourth-order valence-electron chi connectivity index (χ4n) is 2.49. The van der Waals surface area contributed by atoms with E-state index in [0.717, 1.165) is 16.9 Å². The van der Waals surface area contributed by atoms with Crippen LogP contribution in [0.3, 0.4) is 0 Å². The molecule has 0 N–H and O–H groups in total. The molecule has 0 bridgehead atoms. The van der Waals surface area contributed by atoms with Gasteiger partial charge in [0.2, 0.25) is 0 Å². The van der Waals surface area contributed by atoms with Crippen LogP contribution in [0.1, 0.15) is 30.0 Å². The molecule has 1 atom stereocenters. The van der Waals surface area contributed by atoms with Gasteiger partial charge in [0.1, 0.15) is 5.75 Å². The first-order valence-corrected chi connectivity index (χ1v) is 8.04. The highest BCUT2D eigenvalue weighted by molar-refractivity contribution is 5.81. The largest absolute Gasteiger partial charge is 0.480 e. The molecule has 0 saturated carbocycles. The van der Waals surface area contributed by atoms with Crippen LogP contribution in [0.2, 0.25) is 0 Å². The maximum absolute atomic E-state index is 12.7. The molecule has 0 aliphatic carbocycles. The van der Waals surface area contributed by atoms with Gasteiger partial charge in [-0.2, -0.15) is 0 Å². The van der Waals surface area contributed by atoms with Gasteiger partial charge in [-0.05, 0) is 43.0 Å². The van der Waals surface area contributed by atoms with E-state index in [1.807, 2.05) is 76.3 Å². The van der Waals surface area contributed by atoms with E-state index in [-0.39, 0.29) is 5.91 Å². The summed E-state index contributed by atoms with van der Waals surface area (Å²) in [6.07, 6.45) is 0.190. The highest BCUT2D eigenvalue weighted by Crippen LogP contribution is 2.23. The van der Waals surface area contributed by atoms with E-state index in [4.69, 9.17) is 4.74 Å². The molecule has 0 saturated heterocycles. The van der Waals surface area contributed by atoms with Gasteiger partial charge < -0.3 is 9.64 Å². The molecular formula is C20H25NO2. The molecule has 0 aliphatic heterocycles. The number of amides is 1. The molecule has 1 amide bonds. The molecule has 3 heteroatoms. The molecule has 1 unspecified atom stereocenters. The first-order valence-electron chi connectivity index (χ1n) is 8.04. The minimum absolute atomic E-state index is 0.0114. The summed E-state index contributed by atoms with van der Waals surface area (Å²) in [5.74, 6) is 0.801. The molecular weight excluding hydrogens is 286 g/mol. The molecule has 2 aromatic carbocycles. The van der Waals surface area contributed by atoms with Crippen molar-refractivity contribution in [3.8, 4) is 5.75 Å². The van der Waals surface area contributed by atoms with Gasteiger partial charge in [0.15, 0.2) is 6.10 Å². The van der Waals surface area contributed by atoms with Crippen molar-refractivity contribution in [2.75, 3.05) is 7.05 Å². The smallest absolute Gasteiger partial charge is 0.263 e. The van der Waals surface area contributed by atoms with Crippen molar-refractivity contribution in [1.82, 2.24) is 4.90 Å². The third-order valence-corrected chi connectivity index (χ3v) is 4.11. The second-order valence-corrected chi connectivity index (χ2v) is 5.89. The number of nitrogens with zero attached hydrogens (tertiary/aromatic N) is 1. The van der Waals surface area contributed by atoms with E-state index >= 15 is 0 Å². The van der Waals surface area contributed by atoms with E-state index in [1.54, 1.807) is 4.90 Å². The minimum Gasteiger partial charge on any atom is -0.480 e. The highest BCUT2D eigenvalue weighted by Gasteiger charge is 2.23. The van der Waals surface area contributed by atoms with Crippen LogP contribution < -0.4 is 4.74 Å². The Hall–Kier alpha value is -2.29. The lowest BCUT2D eigenvalue weighted by Crippen LogP contribution is -2.39.